The van der Waals surface area contributed by atoms with E-state index in [-0.39, 0.29) is 5.82 Å². The smallest absolute Gasteiger partial charge is 0.142 e. The van der Waals surface area contributed by atoms with Crippen molar-refractivity contribution in [3.63, 3.8) is 0 Å². The highest BCUT2D eigenvalue weighted by atomic mass is 19.1. The van der Waals surface area contributed by atoms with Gasteiger partial charge in [-0.1, -0.05) is 6.07 Å². The molecular weight excluding hydrogens is 209 g/mol. The summed E-state index contributed by atoms with van der Waals surface area (Å²) in [6.45, 7) is 2.85. The second kappa shape index (κ2) is 6.19. The highest BCUT2D eigenvalue weighted by Crippen LogP contribution is 2.10. The summed E-state index contributed by atoms with van der Waals surface area (Å²) in [7, 11) is 1.60. The van der Waals surface area contributed by atoms with Gasteiger partial charge < -0.3 is 10.2 Å². The van der Waals surface area contributed by atoms with Gasteiger partial charge in [0.2, 0.25) is 0 Å². The van der Waals surface area contributed by atoms with Crippen molar-refractivity contribution in [3.8, 4) is 0 Å². The van der Waals surface area contributed by atoms with Crippen molar-refractivity contribution >= 4 is 5.84 Å². The molecule has 0 aliphatic carbocycles. The lowest BCUT2D eigenvalue weighted by molar-refractivity contribution is 0.208. The molecule has 5 heteroatoms. The second-order valence-corrected chi connectivity index (χ2v) is 3.33. The van der Waals surface area contributed by atoms with Crippen LogP contribution in [0, 0.1) is 12.7 Å². The number of nitrogens with zero attached hydrogens (tertiary/aromatic N) is 1. The van der Waals surface area contributed by atoms with Crippen molar-refractivity contribution in [2.75, 3.05) is 20.3 Å². The van der Waals surface area contributed by atoms with Gasteiger partial charge in [-0.2, -0.15) is 0 Å². The molecule has 0 fully saturated rings. The van der Waals surface area contributed by atoms with Crippen LogP contribution in [-0.2, 0) is 4.74 Å². The molecule has 0 spiro atoms. The van der Waals surface area contributed by atoms with Crippen LogP contribution in [0.4, 0.5) is 4.39 Å². The van der Waals surface area contributed by atoms with E-state index >= 15 is 0 Å². The molecule has 0 aromatic heterocycles. The number of nitrogens with two attached hydrogens (primary N) is 1. The summed E-state index contributed by atoms with van der Waals surface area (Å²) in [4.78, 5) is 4.19. The minimum atomic E-state index is -0.310. The molecule has 0 heterocycles. The predicted molar refractivity (Wildman–Crippen MR) is 61.7 cm³/mol. The average Bonchev–Trinajstić information content (AvgIpc) is 2.28. The molecule has 0 atom stereocenters. The molecule has 0 saturated carbocycles. The number of amidine groups is 1. The van der Waals surface area contributed by atoms with Gasteiger partial charge in [-0.05, 0) is 24.6 Å². The van der Waals surface area contributed by atoms with E-state index < -0.39 is 0 Å². The maximum absolute atomic E-state index is 13.1. The third kappa shape index (κ3) is 3.29. The molecule has 1 aromatic carbocycles. The topological polar surface area (TPSA) is 59.6 Å². The fraction of sp³-hybridized carbons (Fsp3) is 0.364. The van der Waals surface area contributed by atoms with Gasteiger partial charge in [0, 0.05) is 12.7 Å². The summed E-state index contributed by atoms with van der Waals surface area (Å²) in [5, 5.41) is 0. The average molecular weight is 225 g/mol. The minimum absolute atomic E-state index is 0.310. The van der Waals surface area contributed by atoms with Gasteiger partial charge in [0.15, 0.2) is 0 Å². The van der Waals surface area contributed by atoms with E-state index in [1.165, 1.54) is 12.1 Å². The molecule has 0 aliphatic heterocycles. The standard InChI is InChI=1S/C11H16FN3O/c1-8-3-4-9(12)7-10(8)11(15-13)14-5-6-16-2/h3-4,7H,5-6,13H2,1-2H3,(H,14,15). The van der Waals surface area contributed by atoms with E-state index in [0.717, 1.165) is 5.56 Å². The van der Waals surface area contributed by atoms with Crippen molar-refractivity contribution < 1.29 is 9.13 Å². The SMILES string of the molecule is COCCN=C(NN)c1cc(F)ccc1C. The summed E-state index contributed by atoms with van der Waals surface area (Å²) < 4.78 is 18.0. The first kappa shape index (κ1) is 12.6. The first-order chi connectivity index (χ1) is 7.69. The van der Waals surface area contributed by atoms with Crippen molar-refractivity contribution in [3.05, 3.63) is 35.1 Å². The molecule has 16 heavy (non-hydrogen) atoms. The van der Waals surface area contributed by atoms with Crippen molar-refractivity contribution in [2.24, 2.45) is 10.8 Å². The van der Waals surface area contributed by atoms with Crippen molar-refractivity contribution in [2.45, 2.75) is 6.92 Å². The van der Waals surface area contributed by atoms with E-state index in [9.17, 15) is 4.39 Å². The number of methoxy groups -OCH3 is 1. The Morgan fingerprint density at radius 1 is 1.56 bits per heavy atom. The Morgan fingerprint density at radius 2 is 2.31 bits per heavy atom. The first-order valence-electron chi connectivity index (χ1n) is 4.95. The highest BCUT2D eigenvalue weighted by molar-refractivity contribution is 5.99. The lowest BCUT2D eigenvalue weighted by Gasteiger charge is -2.09. The molecule has 0 saturated heterocycles. The minimum Gasteiger partial charge on any atom is -0.383 e. The van der Waals surface area contributed by atoms with Gasteiger partial charge in [-0.3, -0.25) is 4.99 Å². The van der Waals surface area contributed by atoms with Crippen molar-refractivity contribution in [1.82, 2.24) is 5.43 Å². The molecule has 0 unspecified atom stereocenters. The lowest BCUT2D eigenvalue weighted by Crippen LogP contribution is -2.32. The summed E-state index contributed by atoms with van der Waals surface area (Å²) in [5.74, 6) is 5.52. The van der Waals surface area contributed by atoms with Crippen LogP contribution in [0.25, 0.3) is 0 Å². The molecular formula is C11H16FN3O. The number of ether oxygens (including phenoxy) is 1. The molecule has 1 aromatic rings. The Labute approximate surface area is 94.3 Å². The highest BCUT2D eigenvalue weighted by Gasteiger charge is 2.06. The summed E-state index contributed by atoms with van der Waals surface area (Å²) in [6.07, 6.45) is 0. The summed E-state index contributed by atoms with van der Waals surface area (Å²) >= 11 is 0. The zero-order valence-corrected chi connectivity index (χ0v) is 9.46. The van der Waals surface area contributed by atoms with Crippen LogP contribution >= 0.6 is 0 Å². The lowest BCUT2D eigenvalue weighted by atomic mass is 10.1. The van der Waals surface area contributed by atoms with E-state index in [4.69, 9.17) is 10.6 Å². The van der Waals surface area contributed by atoms with Gasteiger partial charge in [-0.15, -0.1) is 0 Å². The molecule has 0 radical (unpaired) electrons. The predicted octanol–water partition coefficient (Wildman–Crippen LogP) is 0.990. The van der Waals surface area contributed by atoms with E-state index in [0.29, 0.717) is 24.6 Å². The van der Waals surface area contributed by atoms with Crippen molar-refractivity contribution in [1.29, 1.82) is 0 Å². The van der Waals surface area contributed by atoms with Gasteiger partial charge >= 0.3 is 0 Å². The molecule has 1 rings (SSSR count). The number of halogens is 1. The van der Waals surface area contributed by atoms with Crippen LogP contribution in [0.5, 0.6) is 0 Å². The van der Waals surface area contributed by atoms with Crippen LogP contribution in [0.15, 0.2) is 23.2 Å². The Morgan fingerprint density at radius 3 is 2.94 bits per heavy atom. The largest absolute Gasteiger partial charge is 0.383 e. The van der Waals surface area contributed by atoms with Gasteiger partial charge in [-0.25, -0.2) is 10.2 Å². The number of nitrogens with one attached hydrogen (secondary N) is 1. The van der Waals surface area contributed by atoms with E-state index in [1.807, 2.05) is 6.92 Å². The number of rotatable bonds is 4. The van der Waals surface area contributed by atoms with Gasteiger partial charge in [0.25, 0.3) is 0 Å². The maximum Gasteiger partial charge on any atom is 0.142 e. The Balaban J connectivity index is 2.94. The molecule has 0 amide bonds. The Kier molecular flexibility index (Phi) is 4.88. The number of hydrogen-bond acceptors (Lipinski definition) is 3. The molecule has 0 bridgehead atoms. The molecule has 3 N–H and O–H groups in total. The Bertz CT molecular complexity index is 379. The van der Waals surface area contributed by atoms with Gasteiger partial charge in [0.05, 0.1) is 13.2 Å². The number of hydrogen-bond donors (Lipinski definition) is 2. The first-order valence-corrected chi connectivity index (χ1v) is 4.95. The van der Waals surface area contributed by atoms with Crippen LogP contribution in [0.1, 0.15) is 11.1 Å². The Hall–Kier alpha value is -1.46. The number of aryl methyl sites for hydroxylation is 1. The normalized spacial score (nSPS) is 11.6. The second-order valence-electron chi connectivity index (χ2n) is 3.33. The number of benzene rings is 1. The summed E-state index contributed by atoms with van der Waals surface area (Å²) in [5.41, 5.74) is 4.05. The number of aliphatic imine (C=N–C) groups is 1. The van der Waals surface area contributed by atoms with Crippen LogP contribution in [0.3, 0.4) is 0 Å². The molecule has 4 nitrogen and oxygen atoms in total. The monoisotopic (exact) mass is 225 g/mol. The molecule has 88 valence electrons. The quantitative estimate of drug-likeness (QED) is 0.264. The van der Waals surface area contributed by atoms with E-state index in [1.54, 1.807) is 13.2 Å². The van der Waals surface area contributed by atoms with E-state index in [2.05, 4.69) is 10.4 Å². The third-order valence-corrected chi connectivity index (χ3v) is 2.16. The maximum atomic E-state index is 13.1. The van der Waals surface area contributed by atoms with Crippen LogP contribution in [-0.4, -0.2) is 26.1 Å². The van der Waals surface area contributed by atoms with Crippen LogP contribution < -0.4 is 11.3 Å². The summed E-state index contributed by atoms with van der Waals surface area (Å²) in [6, 6.07) is 4.50. The zero-order chi connectivity index (χ0) is 12.0. The zero-order valence-electron chi connectivity index (χ0n) is 9.46. The fourth-order valence-electron chi connectivity index (χ4n) is 1.31. The third-order valence-electron chi connectivity index (χ3n) is 2.16. The van der Waals surface area contributed by atoms with Crippen LogP contribution in [0.2, 0.25) is 0 Å². The number of hydrazine groups is 1. The fourth-order valence-corrected chi connectivity index (χ4v) is 1.31. The molecule has 0 aliphatic rings. The van der Waals surface area contributed by atoms with Gasteiger partial charge in [0.1, 0.15) is 11.7 Å².